The van der Waals surface area contributed by atoms with E-state index in [4.69, 9.17) is 15.2 Å². The summed E-state index contributed by atoms with van der Waals surface area (Å²) >= 11 is 0. The number of carbonyl (C=O) groups excluding carboxylic acids is 1. The molecule has 5 aromatic rings. The van der Waals surface area contributed by atoms with Gasteiger partial charge in [0.1, 0.15) is 61.0 Å². The van der Waals surface area contributed by atoms with Crippen LogP contribution < -0.4 is 20.8 Å². The van der Waals surface area contributed by atoms with Crippen LogP contribution in [0.4, 0.5) is 34.1 Å². The molecule has 60 heavy (non-hydrogen) atoms. The molecule has 0 fully saturated rings. The minimum Gasteiger partial charge on any atom is -0.507 e. The number of aromatic nitrogens is 1. The quantitative estimate of drug-likeness (QED) is 0.0562. The van der Waals surface area contributed by atoms with Crippen molar-refractivity contribution in [3.8, 4) is 28.9 Å². The Morgan fingerprint density at radius 1 is 0.717 bits per heavy atom. The molecule has 4 aromatic carbocycles. The smallest absolute Gasteiger partial charge is 0.296 e. The number of nitrogens with zero attached hydrogens (tertiary/aromatic N) is 7. The standard InChI is InChI=1S/C33H30N8O16S3/c1-5-41-32(45)26(31(34)44)14(2)28(33(41)46)39-35-16-6-7-18(24(10-16)59(50,51)52)36-37-19-12-23(57-4)20(13-22(19)56-3)38-40-29-25(60(53,54)55)9-15-8-17(58(47,48)49)11-21(42)27(15)30(29)43/h6-13,42-43,46H,5H2,1-4H3,(H2,34,44)(H,47,48,49)(H,50,51,52)(H,53,54,55). The number of rotatable bonds is 13. The number of hydrogen-bond donors (Lipinski definition) is 7. The van der Waals surface area contributed by atoms with Gasteiger partial charge in [0.15, 0.2) is 5.75 Å². The summed E-state index contributed by atoms with van der Waals surface area (Å²) in [5.41, 5.74) is 1.65. The van der Waals surface area contributed by atoms with Crippen LogP contribution in [0.2, 0.25) is 0 Å². The van der Waals surface area contributed by atoms with Crippen LogP contribution in [0.5, 0.6) is 28.9 Å². The van der Waals surface area contributed by atoms with Crippen molar-refractivity contribution < 1.29 is 68.5 Å². The SMILES string of the molecule is CCn1c(O)c(N=Nc2ccc(N=Nc3cc(OC)c(N=Nc4c(S(=O)(=O)O)cc5cc(S(=O)(=O)O)cc(O)c5c4O)cc3OC)c(S(=O)(=O)O)c2)c(C)c(C(N)=O)c1=O. The number of hydrogen-bond acceptors (Lipinski definition) is 19. The number of aromatic hydroxyl groups is 3. The van der Waals surface area contributed by atoms with E-state index in [0.717, 1.165) is 28.8 Å². The Morgan fingerprint density at radius 2 is 1.27 bits per heavy atom. The molecule has 0 saturated heterocycles. The van der Waals surface area contributed by atoms with Crippen molar-refractivity contribution in [2.24, 2.45) is 36.4 Å². The van der Waals surface area contributed by atoms with Crippen LogP contribution in [0.1, 0.15) is 22.8 Å². The molecule has 0 aliphatic heterocycles. The molecule has 0 aliphatic rings. The monoisotopic (exact) mass is 890 g/mol. The summed E-state index contributed by atoms with van der Waals surface area (Å²) in [4.78, 5) is 21.8. The lowest BCUT2D eigenvalue weighted by Crippen LogP contribution is -2.30. The minimum absolute atomic E-state index is 0.0733. The van der Waals surface area contributed by atoms with Crippen molar-refractivity contribution in [2.75, 3.05) is 14.2 Å². The summed E-state index contributed by atoms with van der Waals surface area (Å²) in [6, 6.07) is 7.35. The number of nitrogens with two attached hydrogens (primary N) is 1. The average Bonchev–Trinajstić information content (AvgIpc) is 3.15. The second-order valence-corrected chi connectivity index (χ2v) is 16.3. The van der Waals surface area contributed by atoms with E-state index in [2.05, 4.69) is 30.7 Å². The maximum Gasteiger partial charge on any atom is 0.296 e. The van der Waals surface area contributed by atoms with Crippen LogP contribution >= 0.6 is 0 Å². The highest BCUT2D eigenvalue weighted by molar-refractivity contribution is 7.86. The second kappa shape index (κ2) is 16.4. The summed E-state index contributed by atoms with van der Waals surface area (Å²) in [6.45, 7) is 2.72. The summed E-state index contributed by atoms with van der Waals surface area (Å²) < 4.78 is 114. The van der Waals surface area contributed by atoms with Gasteiger partial charge in [-0.1, -0.05) is 0 Å². The van der Waals surface area contributed by atoms with Gasteiger partial charge in [0, 0.05) is 30.3 Å². The van der Waals surface area contributed by atoms with E-state index in [-0.39, 0.29) is 46.4 Å². The predicted octanol–water partition coefficient (Wildman–Crippen LogP) is 5.55. The van der Waals surface area contributed by atoms with Crippen LogP contribution in [-0.2, 0) is 36.9 Å². The van der Waals surface area contributed by atoms with E-state index in [0.29, 0.717) is 18.2 Å². The third-order valence-electron chi connectivity index (χ3n) is 8.39. The first-order valence-electron chi connectivity index (χ1n) is 16.3. The lowest BCUT2D eigenvalue weighted by molar-refractivity contribution is 0.0997. The normalized spacial score (nSPS) is 12.6. The fourth-order valence-electron chi connectivity index (χ4n) is 5.58. The Kier molecular flexibility index (Phi) is 12.1. The highest BCUT2D eigenvalue weighted by Gasteiger charge is 2.26. The molecule has 0 radical (unpaired) electrons. The van der Waals surface area contributed by atoms with Crippen molar-refractivity contribution in [3.05, 3.63) is 70.0 Å². The summed E-state index contributed by atoms with van der Waals surface area (Å²) in [6.07, 6.45) is 0. The molecule has 5 rings (SSSR count). The van der Waals surface area contributed by atoms with E-state index in [1.54, 1.807) is 0 Å². The zero-order valence-corrected chi connectivity index (χ0v) is 33.5. The topological polar surface area (TPSA) is 382 Å². The predicted molar refractivity (Wildman–Crippen MR) is 207 cm³/mol. The number of phenolic OH excluding ortho intramolecular Hbond substituents is 2. The molecule has 0 aliphatic carbocycles. The highest BCUT2D eigenvalue weighted by atomic mass is 32.2. The molecule has 8 N–H and O–H groups in total. The molecule has 0 unspecified atom stereocenters. The van der Waals surface area contributed by atoms with E-state index < -0.39 is 102 Å². The highest BCUT2D eigenvalue weighted by Crippen LogP contribution is 2.47. The number of primary amides is 1. The van der Waals surface area contributed by atoms with Gasteiger partial charge in [-0.3, -0.25) is 27.8 Å². The Morgan fingerprint density at radius 3 is 1.78 bits per heavy atom. The fourth-order valence-corrected chi connectivity index (χ4v) is 7.42. The van der Waals surface area contributed by atoms with Crippen LogP contribution in [0.15, 0.2) is 98.7 Å². The van der Waals surface area contributed by atoms with Gasteiger partial charge < -0.3 is 30.5 Å². The molecule has 24 nitrogen and oxygen atoms in total. The van der Waals surface area contributed by atoms with Crippen molar-refractivity contribution in [2.45, 2.75) is 35.1 Å². The molecule has 1 amide bonds. The molecule has 27 heteroatoms. The lowest BCUT2D eigenvalue weighted by atomic mass is 10.1. The van der Waals surface area contributed by atoms with Gasteiger partial charge in [-0.15, -0.1) is 25.6 Å². The maximum atomic E-state index is 12.6. The first kappa shape index (κ1) is 44.2. The van der Waals surface area contributed by atoms with Gasteiger partial charge in [-0.05, 0) is 49.6 Å². The molecular weight excluding hydrogens is 861 g/mol. The molecule has 1 heterocycles. The van der Waals surface area contributed by atoms with Gasteiger partial charge in [0.25, 0.3) is 41.8 Å². The van der Waals surface area contributed by atoms with E-state index >= 15 is 0 Å². The molecule has 0 bridgehead atoms. The van der Waals surface area contributed by atoms with Gasteiger partial charge >= 0.3 is 0 Å². The molecule has 316 valence electrons. The van der Waals surface area contributed by atoms with E-state index in [1.807, 2.05) is 0 Å². The number of fused-ring (bicyclic) bond motifs is 1. The number of methoxy groups -OCH3 is 2. The number of ether oxygens (including phenoxy) is 2. The summed E-state index contributed by atoms with van der Waals surface area (Å²) in [7, 11) is -12.8. The number of carbonyl (C=O) groups is 1. The summed E-state index contributed by atoms with van der Waals surface area (Å²) in [5, 5.41) is 54.4. The second-order valence-electron chi connectivity index (χ2n) is 12.1. The number of benzene rings is 4. The third kappa shape index (κ3) is 8.74. The number of amides is 1. The zero-order chi connectivity index (χ0) is 44.6. The van der Waals surface area contributed by atoms with Crippen LogP contribution in [0.25, 0.3) is 10.8 Å². The number of phenols is 2. The lowest BCUT2D eigenvalue weighted by Gasteiger charge is -2.12. The van der Waals surface area contributed by atoms with Gasteiger partial charge in [0.2, 0.25) is 5.88 Å². The third-order valence-corrected chi connectivity index (χ3v) is 11.0. The Bertz CT molecular complexity index is 3130. The van der Waals surface area contributed by atoms with Gasteiger partial charge in [-0.25, -0.2) is 0 Å². The Labute approximate surface area is 337 Å². The molecule has 0 spiro atoms. The number of pyridine rings is 1. The average molecular weight is 891 g/mol. The van der Waals surface area contributed by atoms with Crippen LogP contribution in [0.3, 0.4) is 0 Å². The van der Waals surface area contributed by atoms with Crippen molar-refractivity contribution in [3.63, 3.8) is 0 Å². The van der Waals surface area contributed by atoms with E-state index in [1.165, 1.54) is 34.1 Å². The van der Waals surface area contributed by atoms with E-state index in [9.17, 15) is 63.8 Å². The zero-order valence-electron chi connectivity index (χ0n) is 31.0. The number of azo groups is 3. The first-order valence-corrected chi connectivity index (χ1v) is 20.6. The minimum atomic E-state index is -5.23. The fraction of sp³-hybridized carbons (Fsp3) is 0.152. The van der Waals surface area contributed by atoms with Crippen molar-refractivity contribution >= 4 is 81.2 Å². The van der Waals surface area contributed by atoms with Crippen LogP contribution in [0, 0.1) is 6.92 Å². The van der Waals surface area contributed by atoms with Crippen LogP contribution in [-0.4, -0.2) is 78.9 Å². The first-order chi connectivity index (χ1) is 27.9. The maximum absolute atomic E-state index is 12.6. The molecule has 1 aromatic heterocycles. The van der Waals surface area contributed by atoms with Crippen molar-refractivity contribution in [1.29, 1.82) is 0 Å². The van der Waals surface area contributed by atoms with Gasteiger partial charge in [-0.2, -0.15) is 30.4 Å². The molecule has 0 saturated carbocycles. The largest absolute Gasteiger partial charge is 0.507 e. The summed E-state index contributed by atoms with van der Waals surface area (Å²) in [5.74, 6) is -4.04. The Hall–Kier alpha value is -6.91. The molecule has 0 atom stereocenters. The molecular formula is C33H30N8O16S3. The van der Waals surface area contributed by atoms with Gasteiger partial charge in [0.05, 0.1) is 30.2 Å². The Balaban J connectivity index is 1.56. The van der Waals surface area contributed by atoms with Crippen molar-refractivity contribution in [1.82, 2.24) is 4.57 Å².